The van der Waals surface area contributed by atoms with Gasteiger partial charge in [-0.05, 0) is 137 Å². The molecular formula is C61H41NS. The van der Waals surface area contributed by atoms with Crippen LogP contribution in [0.1, 0.15) is 25.0 Å². The van der Waals surface area contributed by atoms with Crippen LogP contribution in [-0.4, -0.2) is 0 Å². The van der Waals surface area contributed by atoms with E-state index in [1.54, 1.807) is 0 Å². The molecule has 0 aliphatic heterocycles. The topological polar surface area (TPSA) is 3.24 Å². The second-order valence-corrected chi connectivity index (χ2v) is 18.7. The van der Waals surface area contributed by atoms with Crippen LogP contribution in [0.4, 0.5) is 17.1 Å². The zero-order valence-electron chi connectivity index (χ0n) is 35.1. The summed E-state index contributed by atoms with van der Waals surface area (Å²) in [7, 11) is 0. The Morgan fingerprint density at radius 1 is 0.333 bits per heavy atom. The van der Waals surface area contributed by atoms with Crippen molar-refractivity contribution in [3.63, 3.8) is 0 Å². The monoisotopic (exact) mass is 819 g/mol. The average Bonchev–Trinajstić information content (AvgIpc) is 3.82. The molecular weight excluding hydrogens is 779 g/mol. The van der Waals surface area contributed by atoms with E-state index in [1.807, 2.05) is 11.3 Å². The minimum Gasteiger partial charge on any atom is -0.310 e. The summed E-state index contributed by atoms with van der Waals surface area (Å²) < 4.78 is 2.59. The van der Waals surface area contributed by atoms with Gasteiger partial charge in [-0.25, -0.2) is 0 Å². The predicted molar refractivity (Wildman–Crippen MR) is 272 cm³/mol. The first kappa shape index (κ1) is 36.2. The second-order valence-electron chi connectivity index (χ2n) is 17.7. The minimum absolute atomic E-state index is 0.148. The highest BCUT2D eigenvalue weighted by Gasteiger charge is 2.36. The third kappa shape index (κ3) is 5.55. The van der Waals surface area contributed by atoms with E-state index >= 15 is 0 Å². The van der Waals surface area contributed by atoms with Gasteiger partial charge in [-0.1, -0.05) is 172 Å². The van der Waals surface area contributed by atoms with E-state index in [4.69, 9.17) is 0 Å². The van der Waals surface area contributed by atoms with Gasteiger partial charge in [0.2, 0.25) is 0 Å². The van der Waals surface area contributed by atoms with E-state index in [9.17, 15) is 0 Å². The summed E-state index contributed by atoms with van der Waals surface area (Å²) in [5.41, 5.74) is 13.5. The standard InChI is InChI=1S/C61H41NS/c1-61(2)56-23-13-12-22-49(56)50-30-28-44(35-57(50)61)62(43-27-24-39-16-6-7-17-40(39)32-43)58-37-54-48-21-11-9-19-46(48)45-18-8-10-20-47(45)53(54)36-52(58)42-25-29-51-55-33-41(38-14-4-3-5-15-38)26-31-59(55)63-60(51)34-42/h3-37H,1-2H3. The molecule has 0 fully saturated rings. The van der Waals surface area contributed by atoms with Gasteiger partial charge >= 0.3 is 0 Å². The van der Waals surface area contributed by atoms with Crippen molar-refractivity contribution >= 4 is 91.7 Å². The molecule has 13 rings (SSSR count). The Morgan fingerprint density at radius 3 is 1.75 bits per heavy atom. The summed E-state index contributed by atoms with van der Waals surface area (Å²) in [5, 5.41) is 12.6. The van der Waals surface area contributed by atoms with Crippen LogP contribution in [0, 0.1) is 0 Å². The first-order chi connectivity index (χ1) is 31.0. The molecule has 63 heavy (non-hydrogen) atoms. The van der Waals surface area contributed by atoms with Gasteiger partial charge in [0.05, 0.1) is 5.69 Å². The molecule has 12 aromatic rings. The van der Waals surface area contributed by atoms with Crippen molar-refractivity contribution < 1.29 is 0 Å². The van der Waals surface area contributed by atoms with Gasteiger partial charge in [-0.3, -0.25) is 0 Å². The Bertz CT molecular complexity index is 3830. The Kier molecular flexibility index (Phi) is 7.89. The second kappa shape index (κ2) is 13.7. The molecule has 0 N–H and O–H groups in total. The van der Waals surface area contributed by atoms with Crippen molar-refractivity contribution in [2.45, 2.75) is 19.3 Å². The summed E-state index contributed by atoms with van der Waals surface area (Å²) in [6.45, 7) is 4.76. The van der Waals surface area contributed by atoms with E-state index < -0.39 is 0 Å². The highest BCUT2D eigenvalue weighted by atomic mass is 32.1. The maximum atomic E-state index is 2.53. The first-order valence-corrected chi connectivity index (χ1v) is 22.7. The highest BCUT2D eigenvalue weighted by Crippen LogP contribution is 2.53. The third-order valence-corrected chi connectivity index (χ3v) is 14.9. The number of rotatable bonds is 5. The van der Waals surface area contributed by atoms with Crippen molar-refractivity contribution in [2.24, 2.45) is 0 Å². The van der Waals surface area contributed by atoms with E-state index in [0.717, 1.165) is 17.1 Å². The van der Waals surface area contributed by atoms with E-state index in [2.05, 4.69) is 231 Å². The third-order valence-electron chi connectivity index (χ3n) is 13.8. The lowest BCUT2D eigenvalue weighted by atomic mass is 9.82. The zero-order valence-corrected chi connectivity index (χ0v) is 35.9. The number of anilines is 3. The Morgan fingerprint density at radius 2 is 0.952 bits per heavy atom. The summed E-state index contributed by atoms with van der Waals surface area (Å²) >= 11 is 1.88. The predicted octanol–water partition coefficient (Wildman–Crippen LogP) is 17.8. The van der Waals surface area contributed by atoms with Crippen LogP contribution in [0.5, 0.6) is 0 Å². The van der Waals surface area contributed by atoms with Gasteiger partial charge in [0, 0.05) is 42.5 Å². The molecule has 1 heterocycles. The number of hydrogen-bond acceptors (Lipinski definition) is 2. The number of benzene rings is 11. The van der Waals surface area contributed by atoms with Crippen molar-refractivity contribution in [3.8, 4) is 33.4 Å². The van der Waals surface area contributed by atoms with Gasteiger partial charge in [-0.2, -0.15) is 0 Å². The molecule has 0 saturated heterocycles. The largest absolute Gasteiger partial charge is 0.310 e. The van der Waals surface area contributed by atoms with Crippen LogP contribution >= 0.6 is 11.3 Å². The fourth-order valence-electron chi connectivity index (χ4n) is 10.7. The van der Waals surface area contributed by atoms with Crippen LogP contribution in [0.25, 0.3) is 96.6 Å². The first-order valence-electron chi connectivity index (χ1n) is 21.9. The van der Waals surface area contributed by atoms with Crippen LogP contribution < -0.4 is 4.90 Å². The average molecular weight is 820 g/mol. The van der Waals surface area contributed by atoms with Crippen molar-refractivity contribution in [1.82, 2.24) is 0 Å². The van der Waals surface area contributed by atoms with Crippen molar-refractivity contribution in [3.05, 3.63) is 223 Å². The normalized spacial score (nSPS) is 13.0. The molecule has 1 aromatic heterocycles. The fourth-order valence-corrected chi connectivity index (χ4v) is 11.8. The Labute approximate surface area is 370 Å². The summed E-state index contributed by atoms with van der Waals surface area (Å²) in [6.07, 6.45) is 0. The van der Waals surface area contributed by atoms with Crippen molar-refractivity contribution in [1.29, 1.82) is 0 Å². The quantitative estimate of drug-likeness (QED) is 0.156. The number of thiophene rings is 1. The zero-order chi connectivity index (χ0) is 41.8. The van der Waals surface area contributed by atoms with Gasteiger partial charge in [0.15, 0.2) is 0 Å². The Balaban J connectivity index is 1.11. The van der Waals surface area contributed by atoms with E-state index in [0.29, 0.717) is 0 Å². The molecule has 0 radical (unpaired) electrons. The number of nitrogens with zero attached hydrogens (tertiary/aromatic N) is 1. The fraction of sp³-hybridized carbons (Fsp3) is 0.0492. The molecule has 0 saturated carbocycles. The molecule has 0 unspecified atom stereocenters. The van der Waals surface area contributed by atoms with Crippen molar-refractivity contribution in [2.75, 3.05) is 4.90 Å². The molecule has 11 aromatic carbocycles. The SMILES string of the molecule is CC1(C)c2ccccc2-c2ccc(N(c3ccc4ccccc4c3)c3cc4c5ccccc5c5ccccc5c4cc3-c3ccc4c(c3)sc3ccc(-c5ccccc5)cc34)cc21. The lowest BCUT2D eigenvalue weighted by Gasteiger charge is -2.31. The summed E-state index contributed by atoms with van der Waals surface area (Å²) in [6, 6.07) is 79.5. The lowest BCUT2D eigenvalue weighted by molar-refractivity contribution is 0.660. The molecule has 0 atom stereocenters. The molecule has 0 bridgehead atoms. The molecule has 296 valence electrons. The summed E-state index contributed by atoms with van der Waals surface area (Å²) in [5.74, 6) is 0. The van der Waals surface area contributed by atoms with Crippen LogP contribution in [0.2, 0.25) is 0 Å². The van der Waals surface area contributed by atoms with Crippen LogP contribution in [-0.2, 0) is 5.41 Å². The highest BCUT2D eigenvalue weighted by molar-refractivity contribution is 7.25. The van der Waals surface area contributed by atoms with Gasteiger partial charge < -0.3 is 4.90 Å². The minimum atomic E-state index is -0.148. The van der Waals surface area contributed by atoms with Crippen LogP contribution in [0.15, 0.2) is 212 Å². The van der Waals surface area contributed by atoms with E-state index in [-0.39, 0.29) is 5.41 Å². The van der Waals surface area contributed by atoms with Crippen LogP contribution in [0.3, 0.4) is 0 Å². The maximum absolute atomic E-state index is 2.53. The maximum Gasteiger partial charge on any atom is 0.0546 e. The molecule has 2 heteroatoms. The summed E-state index contributed by atoms with van der Waals surface area (Å²) in [4.78, 5) is 2.53. The molecule has 1 aliphatic carbocycles. The smallest absolute Gasteiger partial charge is 0.0546 e. The molecule has 0 amide bonds. The van der Waals surface area contributed by atoms with Gasteiger partial charge in [0.25, 0.3) is 0 Å². The molecule has 1 aliphatic rings. The van der Waals surface area contributed by atoms with E-state index in [1.165, 1.54) is 108 Å². The number of fused-ring (bicyclic) bond motifs is 13. The van der Waals surface area contributed by atoms with Gasteiger partial charge in [-0.15, -0.1) is 11.3 Å². The lowest BCUT2D eigenvalue weighted by Crippen LogP contribution is -2.17. The number of hydrogen-bond donors (Lipinski definition) is 0. The van der Waals surface area contributed by atoms with Gasteiger partial charge in [0.1, 0.15) is 0 Å². The molecule has 1 nitrogen and oxygen atoms in total. The Hall–Kier alpha value is -7.52. The molecule has 0 spiro atoms.